The van der Waals surface area contributed by atoms with E-state index in [0.717, 1.165) is 74.5 Å². The molecular formula is C25H29N5O3. The summed E-state index contributed by atoms with van der Waals surface area (Å²) >= 11 is 0. The average molecular weight is 448 g/mol. The van der Waals surface area contributed by atoms with Crippen molar-refractivity contribution in [1.29, 1.82) is 0 Å². The number of hydrogen-bond acceptors (Lipinski definition) is 6. The Morgan fingerprint density at radius 1 is 1.00 bits per heavy atom. The second kappa shape index (κ2) is 8.43. The third-order valence-corrected chi connectivity index (χ3v) is 7.23. The van der Waals surface area contributed by atoms with E-state index in [2.05, 4.69) is 28.1 Å². The standard InChI is InChI=1S/C25H29N5O3/c31-24(29-13-8-25(9-14-29)32-16-17-33-25)20-6-11-28(12-7-20)23-22-18-21(19-4-2-1-3-5-19)27-30(22)15-10-26-23/h1-5,10,15,18,20H,6-9,11-14,16-17H2. The molecule has 0 bridgehead atoms. The van der Waals surface area contributed by atoms with Crippen molar-refractivity contribution in [3.05, 3.63) is 48.8 Å². The number of benzene rings is 1. The summed E-state index contributed by atoms with van der Waals surface area (Å²) in [4.78, 5) is 22.2. The van der Waals surface area contributed by atoms with Gasteiger partial charge in [-0.25, -0.2) is 9.50 Å². The maximum Gasteiger partial charge on any atom is 0.225 e. The Bertz CT molecular complexity index is 1120. The maximum atomic E-state index is 13.2. The minimum Gasteiger partial charge on any atom is -0.355 e. The number of ether oxygens (including phenoxy) is 2. The van der Waals surface area contributed by atoms with Crippen molar-refractivity contribution in [3.8, 4) is 11.3 Å². The molecule has 172 valence electrons. The summed E-state index contributed by atoms with van der Waals surface area (Å²) in [5.41, 5.74) is 3.03. The number of aromatic nitrogens is 3. The fourth-order valence-corrected chi connectivity index (χ4v) is 5.35. The van der Waals surface area contributed by atoms with Crippen LogP contribution in [0.25, 0.3) is 16.8 Å². The second-order valence-corrected chi connectivity index (χ2v) is 9.17. The predicted molar refractivity (Wildman–Crippen MR) is 124 cm³/mol. The van der Waals surface area contributed by atoms with E-state index in [1.165, 1.54) is 0 Å². The second-order valence-electron chi connectivity index (χ2n) is 9.17. The van der Waals surface area contributed by atoms with E-state index in [0.29, 0.717) is 13.2 Å². The molecule has 1 aromatic carbocycles. The van der Waals surface area contributed by atoms with Crippen LogP contribution in [0.5, 0.6) is 0 Å². The van der Waals surface area contributed by atoms with Crippen molar-refractivity contribution >= 4 is 17.2 Å². The van der Waals surface area contributed by atoms with Crippen molar-refractivity contribution in [2.75, 3.05) is 44.3 Å². The summed E-state index contributed by atoms with van der Waals surface area (Å²) in [6.45, 7) is 4.41. The maximum absolute atomic E-state index is 13.2. The molecule has 33 heavy (non-hydrogen) atoms. The molecule has 0 atom stereocenters. The summed E-state index contributed by atoms with van der Waals surface area (Å²) in [6.07, 6.45) is 6.93. The minimum absolute atomic E-state index is 0.0743. The number of hydrogen-bond donors (Lipinski definition) is 0. The van der Waals surface area contributed by atoms with Gasteiger partial charge in [0.1, 0.15) is 5.52 Å². The van der Waals surface area contributed by atoms with Crippen LogP contribution >= 0.6 is 0 Å². The number of amides is 1. The predicted octanol–water partition coefficient (Wildman–Crippen LogP) is 2.98. The summed E-state index contributed by atoms with van der Waals surface area (Å²) in [5, 5.41) is 4.74. The topological polar surface area (TPSA) is 72.2 Å². The molecule has 0 N–H and O–H groups in total. The Morgan fingerprint density at radius 2 is 1.73 bits per heavy atom. The number of fused-ring (bicyclic) bond motifs is 1. The Balaban J connectivity index is 1.12. The van der Waals surface area contributed by atoms with Gasteiger partial charge >= 0.3 is 0 Å². The normalized spacial score (nSPS) is 21.2. The lowest BCUT2D eigenvalue weighted by molar-refractivity contribution is -0.188. The van der Waals surface area contributed by atoms with Gasteiger partial charge < -0.3 is 19.3 Å². The first kappa shape index (κ1) is 20.6. The van der Waals surface area contributed by atoms with Gasteiger partial charge in [-0.1, -0.05) is 30.3 Å². The minimum atomic E-state index is -0.436. The van der Waals surface area contributed by atoms with Crippen LogP contribution in [0.15, 0.2) is 48.8 Å². The highest BCUT2D eigenvalue weighted by molar-refractivity contribution is 5.80. The fourth-order valence-electron chi connectivity index (χ4n) is 5.35. The molecule has 3 aliphatic heterocycles. The van der Waals surface area contributed by atoms with Crippen LogP contribution in [-0.2, 0) is 14.3 Å². The molecule has 3 aliphatic rings. The van der Waals surface area contributed by atoms with Gasteiger partial charge in [0.05, 0.1) is 18.9 Å². The molecule has 6 rings (SSSR count). The van der Waals surface area contributed by atoms with Gasteiger partial charge in [-0.05, 0) is 18.9 Å². The smallest absolute Gasteiger partial charge is 0.225 e. The van der Waals surface area contributed by atoms with Gasteiger partial charge in [-0.15, -0.1) is 0 Å². The van der Waals surface area contributed by atoms with Crippen molar-refractivity contribution < 1.29 is 14.3 Å². The Hall–Kier alpha value is -2.97. The fraction of sp³-hybridized carbons (Fsp3) is 0.480. The average Bonchev–Trinajstić information content (AvgIpc) is 3.52. The first-order valence-electron chi connectivity index (χ1n) is 11.9. The van der Waals surface area contributed by atoms with Gasteiger partial charge in [0.15, 0.2) is 11.6 Å². The van der Waals surface area contributed by atoms with E-state index in [-0.39, 0.29) is 11.8 Å². The number of likely N-dealkylation sites (tertiary alicyclic amines) is 1. The van der Waals surface area contributed by atoms with E-state index in [1.54, 1.807) is 6.20 Å². The van der Waals surface area contributed by atoms with Gasteiger partial charge in [0.25, 0.3) is 0 Å². The van der Waals surface area contributed by atoms with Gasteiger partial charge in [0.2, 0.25) is 5.91 Å². The van der Waals surface area contributed by atoms with Crippen molar-refractivity contribution in [3.63, 3.8) is 0 Å². The highest BCUT2D eigenvalue weighted by Crippen LogP contribution is 2.33. The summed E-state index contributed by atoms with van der Waals surface area (Å²) in [6, 6.07) is 12.3. The zero-order valence-corrected chi connectivity index (χ0v) is 18.7. The molecule has 0 radical (unpaired) electrons. The Labute approximate surface area is 193 Å². The van der Waals surface area contributed by atoms with E-state index in [4.69, 9.17) is 14.6 Å². The van der Waals surface area contributed by atoms with Crippen molar-refractivity contribution in [1.82, 2.24) is 19.5 Å². The zero-order valence-electron chi connectivity index (χ0n) is 18.7. The SMILES string of the molecule is O=C(C1CCN(c2nccn3nc(-c4ccccc4)cc23)CC1)N1CCC2(CC1)OCCO2. The van der Waals surface area contributed by atoms with Gasteiger partial charge in [-0.2, -0.15) is 5.10 Å². The molecule has 3 saturated heterocycles. The molecule has 0 unspecified atom stereocenters. The molecule has 0 saturated carbocycles. The third-order valence-electron chi connectivity index (χ3n) is 7.23. The number of anilines is 1. The molecule has 5 heterocycles. The van der Waals surface area contributed by atoms with Crippen LogP contribution in [0, 0.1) is 5.92 Å². The first-order chi connectivity index (χ1) is 16.2. The number of rotatable bonds is 3. The van der Waals surface area contributed by atoms with E-state index in [9.17, 15) is 4.79 Å². The number of carbonyl (C=O) groups excluding carboxylic acids is 1. The first-order valence-corrected chi connectivity index (χ1v) is 11.9. The number of carbonyl (C=O) groups is 1. The summed E-state index contributed by atoms with van der Waals surface area (Å²) < 4.78 is 13.5. The van der Waals surface area contributed by atoms with Crippen molar-refractivity contribution in [2.24, 2.45) is 5.92 Å². The summed E-state index contributed by atoms with van der Waals surface area (Å²) in [5.74, 6) is 0.858. The highest BCUT2D eigenvalue weighted by Gasteiger charge is 2.42. The Morgan fingerprint density at radius 3 is 2.45 bits per heavy atom. The lowest BCUT2D eigenvalue weighted by Crippen LogP contribution is -2.50. The molecule has 3 fully saturated rings. The lowest BCUT2D eigenvalue weighted by Gasteiger charge is -2.40. The molecule has 8 nitrogen and oxygen atoms in total. The van der Waals surface area contributed by atoms with Crippen LogP contribution in [0.2, 0.25) is 0 Å². The van der Waals surface area contributed by atoms with E-state index in [1.807, 2.05) is 33.8 Å². The van der Waals surface area contributed by atoms with Gasteiger partial charge in [-0.3, -0.25) is 4.79 Å². The van der Waals surface area contributed by atoms with E-state index >= 15 is 0 Å². The van der Waals surface area contributed by atoms with Crippen LogP contribution in [0.1, 0.15) is 25.7 Å². The molecule has 2 aromatic heterocycles. The third kappa shape index (κ3) is 3.87. The van der Waals surface area contributed by atoms with Crippen LogP contribution in [0.3, 0.4) is 0 Å². The van der Waals surface area contributed by atoms with E-state index < -0.39 is 5.79 Å². The molecular weight excluding hydrogens is 418 g/mol. The molecule has 0 aliphatic carbocycles. The van der Waals surface area contributed by atoms with Crippen LogP contribution in [-0.4, -0.2) is 70.6 Å². The van der Waals surface area contributed by atoms with Gasteiger partial charge in [0, 0.05) is 62.9 Å². The van der Waals surface area contributed by atoms with Crippen molar-refractivity contribution in [2.45, 2.75) is 31.5 Å². The monoisotopic (exact) mass is 447 g/mol. The number of piperidine rings is 2. The summed E-state index contributed by atoms with van der Waals surface area (Å²) in [7, 11) is 0. The Kier molecular flexibility index (Phi) is 5.27. The van der Waals surface area contributed by atoms with Crippen LogP contribution in [0.4, 0.5) is 5.82 Å². The molecule has 1 spiro atoms. The highest BCUT2D eigenvalue weighted by atomic mass is 16.7. The lowest BCUT2D eigenvalue weighted by atomic mass is 9.93. The molecule has 1 amide bonds. The molecule has 3 aromatic rings. The zero-order chi connectivity index (χ0) is 22.3. The quantitative estimate of drug-likeness (QED) is 0.615. The number of nitrogens with zero attached hydrogens (tertiary/aromatic N) is 5. The largest absolute Gasteiger partial charge is 0.355 e. The molecule has 8 heteroatoms. The van der Waals surface area contributed by atoms with Crippen LogP contribution < -0.4 is 4.90 Å².